The number of rotatable bonds is 47. The maximum Gasteiger partial charge on any atom is 0.472 e. The molecule has 0 fully saturated rings. The molecule has 12 heteroatoms. The van der Waals surface area contributed by atoms with Gasteiger partial charge in [0.2, 0.25) is 0 Å². The topological polar surface area (TPSA) is 172 Å². The predicted molar refractivity (Wildman–Crippen MR) is 272 cm³/mol. The first kappa shape index (κ1) is 62.7. The second kappa shape index (κ2) is 48.1. The Hall–Kier alpha value is -3.34. The molecule has 0 saturated heterocycles. The van der Waals surface area contributed by atoms with E-state index in [9.17, 15) is 23.8 Å². The van der Waals surface area contributed by atoms with Crippen molar-refractivity contribution < 1.29 is 47.5 Å². The summed E-state index contributed by atoms with van der Waals surface area (Å²) in [4.78, 5) is 46.1. The second-order valence-electron chi connectivity index (χ2n) is 16.9. The molecule has 11 nitrogen and oxygen atoms in total. The molecule has 0 aromatic rings. The van der Waals surface area contributed by atoms with Crippen molar-refractivity contribution in [3.63, 3.8) is 0 Å². The van der Waals surface area contributed by atoms with Gasteiger partial charge in [0.25, 0.3) is 0 Å². The van der Waals surface area contributed by atoms with E-state index in [0.29, 0.717) is 19.3 Å². The van der Waals surface area contributed by atoms with Crippen LogP contribution in [-0.4, -0.2) is 59.9 Å². The molecule has 4 N–H and O–H groups in total. The zero-order valence-corrected chi connectivity index (χ0v) is 42.2. The van der Waals surface area contributed by atoms with Crippen molar-refractivity contribution >= 4 is 25.7 Å². The molecule has 0 bridgehead atoms. The Bertz CT molecular complexity index is 1440. The van der Waals surface area contributed by atoms with Gasteiger partial charge in [-0.25, -0.2) is 4.57 Å². The SMILES string of the molecule is CCCCC/C=C/C/C=C/C/C=C/C/C=C/C/C=C/CCC(=O)OC[C@H](COP(=O)(O)OC[C@H](N)C(=O)O)OC(=O)CCC/C=C/CC/C=C/CCCCCCCCCCCCCCCC. The summed E-state index contributed by atoms with van der Waals surface area (Å²) in [6.07, 6.45) is 61.1. The van der Waals surface area contributed by atoms with Gasteiger partial charge in [0.15, 0.2) is 6.10 Å². The Kier molecular flexibility index (Phi) is 45.7. The lowest BCUT2D eigenvalue weighted by molar-refractivity contribution is -0.161. The van der Waals surface area contributed by atoms with E-state index in [1.54, 1.807) is 0 Å². The quantitative estimate of drug-likeness (QED) is 0.0229. The lowest BCUT2D eigenvalue weighted by Gasteiger charge is -2.20. The van der Waals surface area contributed by atoms with Crippen LogP contribution in [0.5, 0.6) is 0 Å². The van der Waals surface area contributed by atoms with E-state index in [4.69, 9.17) is 24.8 Å². The van der Waals surface area contributed by atoms with Crippen LogP contribution in [0.4, 0.5) is 0 Å². The molecule has 0 amide bonds. The van der Waals surface area contributed by atoms with Gasteiger partial charge in [-0.1, -0.05) is 195 Å². The number of allylic oxidation sites excluding steroid dienone is 14. The van der Waals surface area contributed by atoms with Crippen molar-refractivity contribution in [2.75, 3.05) is 19.8 Å². The third-order valence-corrected chi connectivity index (χ3v) is 11.6. The molecule has 66 heavy (non-hydrogen) atoms. The molecule has 378 valence electrons. The molecule has 0 aromatic carbocycles. The third-order valence-electron chi connectivity index (χ3n) is 10.6. The fourth-order valence-electron chi connectivity index (χ4n) is 6.60. The molecule has 0 aromatic heterocycles. The number of carboxylic acids is 1. The minimum atomic E-state index is -4.75. The van der Waals surface area contributed by atoms with Gasteiger partial charge in [0.05, 0.1) is 13.2 Å². The van der Waals surface area contributed by atoms with Crippen LogP contribution in [0.2, 0.25) is 0 Å². The predicted octanol–water partition coefficient (Wildman–Crippen LogP) is 14.6. The van der Waals surface area contributed by atoms with Gasteiger partial charge in [0.1, 0.15) is 12.6 Å². The number of nitrogens with two attached hydrogens (primary N) is 1. The van der Waals surface area contributed by atoms with Gasteiger partial charge in [-0.2, -0.15) is 0 Å². The Labute approximate surface area is 401 Å². The van der Waals surface area contributed by atoms with Crippen LogP contribution in [0.3, 0.4) is 0 Å². The molecule has 0 radical (unpaired) electrons. The van der Waals surface area contributed by atoms with Gasteiger partial charge in [-0.15, -0.1) is 0 Å². The van der Waals surface area contributed by atoms with E-state index < -0.39 is 57.7 Å². The highest BCUT2D eigenvalue weighted by Gasteiger charge is 2.28. The Morgan fingerprint density at radius 2 is 0.848 bits per heavy atom. The highest BCUT2D eigenvalue weighted by molar-refractivity contribution is 7.47. The van der Waals surface area contributed by atoms with Crippen LogP contribution in [0.15, 0.2) is 85.1 Å². The first-order valence-electron chi connectivity index (χ1n) is 25.6. The molecule has 3 atom stereocenters. The Balaban J connectivity index is 4.42. The monoisotopic (exact) mass is 946 g/mol. The van der Waals surface area contributed by atoms with E-state index in [0.717, 1.165) is 51.4 Å². The van der Waals surface area contributed by atoms with Crippen LogP contribution in [0.1, 0.15) is 206 Å². The average Bonchev–Trinajstić information content (AvgIpc) is 3.30. The van der Waals surface area contributed by atoms with Gasteiger partial charge >= 0.3 is 25.7 Å². The van der Waals surface area contributed by atoms with Gasteiger partial charge < -0.3 is 25.2 Å². The maximum atomic E-state index is 12.7. The number of carboxylic acid groups (broad SMARTS) is 1. The minimum absolute atomic E-state index is 0.0822. The number of aliphatic carboxylic acids is 1. The first-order chi connectivity index (χ1) is 32.1. The lowest BCUT2D eigenvalue weighted by Crippen LogP contribution is -2.34. The number of carbonyl (C=O) groups is 3. The molecule has 0 rings (SSSR count). The summed E-state index contributed by atoms with van der Waals surface area (Å²) < 4.78 is 32.7. The summed E-state index contributed by atoms with van der Waals surface area (Å²) in [5, 5.41) is 8.92. The van der Waals surface area contributed by atoms with Crippen molar-refractivity contribution in [2.24, 2.45) is 5.73 Å². The molecule has 0 aliphatic rings. The normalized spacial score (nSPS) is 14.2. The van der Waals surface area contributed by atoms with Crippen molar-refractivity contribution in [3.8, 4) is 0 Å². The largest absolute Gasteiger partial charge is 0.480 e. The smallest absolute Gasteiger partial charge is 0.472 e. The van der Waals surface area contributed by atoms with E-state index in [1.165, 1.54) is 109 Å². The van der Waals surface area contributed by atoms with Gasteiger partial charge in [-0.05, 0) is 83.5 Å². The van der Waals surface area contributed by atoms with Crippen LogP contribution in [0.25, 0.3) is 0 Å². The van der Waals surface area contributed by atoms with Crippen LogP contribution < -0.4 is 5.73 Å². The number of carbonyl (C=O) groups excluding carboxylic acids is 2. The van der Waals surface area contributed by atoms with Crippen molar-refractivity contribution in [2.45, 2.75) is 219 Å². The molecule has 0 saturated carbocycles. The van der Waals surface area contributed by atoms with E-state index in [1.807, 2.05) is 18.2 Å². The van der Waals surface area contributed by atoms with Crippen LogP contribution in [0, 0.1) is 0 Å². The molecular weight excluding hydrogens is 854 g/mol. The summed E-state index contributed by atoms with van der Waals surface area (Å²) in [5.74, 6) is -2.54. The number of phosphoric ester groups is 1. The molecule has 0 heterocycles. The summed E-state index contributed by atoms with van der Waals surface area (Å²) in [5.41, 5.74) is 5.34. The fourth-order valence-corrected chi connectivity index (χ4v) is 7.38. The number of esters is 2. The molecule has 0 aliphatic heterocycles. The third kappa shape index (κ3) is 47.2. The second-order valence-corrected chi connectivity index (χ2v) is 18.4. The summed E-state index contributed by atoms with van der Waals surface area (Å²) in [7, 11) is -4.75. The Morgan fingerprint density at radius 1 is 0.470 bits per heavy atom. The van der Waals surface area contributed by atoms with Crippen molar-refractivity contribution in [1.29, 1.82) is 0 Å². The average molecular weight is 946 g/mol. The van der Waals surface area contributed by atoms with Crippen LogP contribution in [-0.2, 0) is 37.5 Å². The highest BCUT2D eigenvalue weighted by Crippen LogP contribution is 2.43. The molecule has 0 aliphatic carbocycles. The first-order valence-corrected chi connectivity index (χ1v) is 27.1. The van der Waals surface area contributed by atoms with Crippen molar-refractivity contribution in [3.05, 3.63) is 85.1 Å². The zero-order chi connectivity index (χ0) is 48.4. The van der Waals surface area contributed by atoms with E-state index in [2.05, 4.69) is 85.2 Å². The standard InChI is InChI=1S/C54H92NO10P/c1-3-5-7-9-11-13-15-17-19-21-23-24-25-26-28-30-32-34-36-38-40-42-44-46-53(57)65-50(48-63-66(60,61)64-49-51(55)54(58)59)47-62-52(56)45-43-41-39-37-35-33-31-29-27-22-20-18-16-14-12-10-8-6-4-2/h12,14,18,20,27,29-30,32-33,35,38-41,50-51H,3-11,13,15-17,19,21-26,28,31,34,36-37,42-49,55H2,1-2H3,(H,58,59)(H,60,61)/b14-12+,20-18+,29-27+,32-30+,35-33+,40-38+,41-39+/t50-,51+/m1/s1. The molecule has 1 unspecified atom stereocenters. The molecular formula is C54H92NO10P. The highest BCUT2D eigenvalue weighted by atomic mass is 31.2. The fraction of sp³-hybridized carbons (Fsp3) is 0.685. The maximum absolute atomic E-state index is 12.7. The van der Waals surface area contributed by atoms with E-state index >= 15 is 0 Å². The number of hydrogen-bond acceptors (Lipinski definition) is 9. The summed E-state index contributed by atoms with van der Waals surface area (Å²) >= 11 is 0. The Morgan fingerprint density at radius 3 is 1.35 bits per heavy atom. The van der Waals surface area contributed by atoms with Gasteiger partial charge in [-0.3, -0.25) is 23.4 Å². The minimum Gasteiger partial charge on any atom is -0.480 e. The number of phosphoric acid groups is 1. The van der Waals surface area contributed by atoms with Crippen LogP contribution >= 0.6 is 7.82 Å². The van der Waals surface area contributed by atoms with Gasteiger partial charge in [0, 0.05) is 12.8 Å². The summed E-state index contributed by atoms with van der Waals surface area (Å²) in [6, 6.07) is -1.54. The van der Waals surface area contributed by atoms with Crippen molar-refractivity contribution in [1.82, 2.24) is 0 Å². The van der Waals surface area contributed by atoms with E-state index in [-0.39, 0.29) is 12.8 Å². The lowest BCUT2D eigenvalue weighted by atomic mass is 10.0. The number of hydrogen-bond donors (Lipinski definition) is 3. The number of unbranched alkanes of at least 4 members (excludes halogenated alkanes) is 19. The summed E-state index contributed by atoms with van der Waals surface area (Å²) in [6.45, 7) is 2.68. The zero-order valence-electron chi connectivity index (χ0n) is 41.3. The molecule has 0 spiro atoms. The number of ether oxygens (including phenoxy) is 2.